The molecule has 2 aliphatic carbocycles. The lowest BCUT2D eigenvalue weighted by molar-refractivity contribution is 0.287. The molecule has 19 heavy (non-hydrogen) atoms. The van der Waals surface area contributed by atoms with E-state index in [-0.39, 0.29) is 5.54 Å². The van der Waals surface area contributed by atoms with Gasteiger partial charge in [-0.05, 0) is 44.9 Å². The van der Waals surface area contributed by atoms with Gasteiger partial charge < -0.3 is 4.57 Å². The molecule has 1 aromatic heterocycles. The van der Waals surface area contributed by atoms with E-state index in [2.05, 4.69) is 20.9 Å². The van der Waals surface area contributed by atoms with E-state index in [1.807, 2.05) is 19.3 Å². The van der Waals surface area contributed by atoms with Crippen LogP contribution in [0.5, 0.6) is 0 Å². The van der Waals surface area contributed by atoms with Gasteiger partial charge in [0.05, 0.1) is 6.07 Å². The van der Waals surface area contributed by atoms with Gasteiger partial charge in [0.15, 0.2) is 0 Å². The molecule has 0 amide bonds. The summed E-state index contributed by atoms with van der Waals surface area (Å²) < 4.78 is 2.19. The van der Waals surface area contributed by atoms with Gasteiger partial charge in [-0.1, -0.05) is 6.42 Å². The summed E-state index contributed by atoms with van der Waals surface area (Å²) >= 11 is 0. The zero-order valence-corrected chi connectivity index (χ0v) is 11.6. The van der Waals surface area contributed by atoms with Crippen LogP contribution in [0.2, 0.25) is 0 Å². The third kappa shape index (κ3) is 2.52. The van der Waals surface area contributed by atoms with Crippen molar-refractivity contribution in [3.05, 3.63) is 18.2 Å². The summed E-state index contributed by atoms with van der Waals surface area (Å²) in [4.78, 5) is 4.26. The minimum Gasteiger partial charge on any atom is -0.335 e. The zero-order chi connectivity index (χ0) is 13.3. The summed E-state index contributed by atoms with van der Waals surface area (Å²) in [6.07, 6.45) is 10.8. The number of nitriles is 1. The number of hydrogen-bond donors (Lipinski definition) is 1. The molecular weight excluding hydrogens is 236 g/mol. The maximum atomic E-state index is 9.64. The highest BCUT2D eigenvalue weighted by atomic mass is 15.1. The van der Waals surface area contributed by atoms with E-state index in [9.17, 15) is 5.26 Å². The second kappa shape index (κ2) is 4.97. The zero-order valence-electron chi connectivity index (χ0n) is 11.6. The number of aromatic nitrogens is 2. The van der Waals surface area contributed by atoms with E-state index in [1.54, 1.807) is 0 Å². The van der Waals surface area contributed by atoms with Gasteiger partial charge in [-0.25, -0.2) is 4.98 Å². The average molecular weight is 258 g/mol. The molecule has 0 aliphatic heterocycles. The molecule has 1 heterocycles. The molecule has 2 atom stereocenters. The van der Waals surface area contributed by atoms with Gasteiger partial charge in [0.1, 0.15) is 11.4 Å². The Labute approximate surface area is 114 Å². The van der Waals surface area contributed by atoms with Crippen LogP contribution < -0.4 is 5.32 Å². The summed E-state index contributed by atoms with van der Waals surface area (Å²) in [5.41, 5.74) is -0.254. The molecular formula is C15H22N4. The van der Waals surface area contributed by atoms with E-state index in [0.29, 0.717) is 12.0 Å². The maximum Gasteiger partial charge on any atom is 0.109 e. The second-order valence-electron chi connectivity index (χ2n) is 6.05. The van der Waals surface area contributed by atoms with E-state index in [0.717, 1.165) is 25.2 Å². The fraction of sp³-hybridized carbons (Fsp3) is 0.733. The van der Waals surface area contributed by atoms with E-state index in [4.69, 9.17) is 0 Å². The van der Waals surface area contributed by atoms with Crippen molar-refractivity contribution in [2.24, 2.45) is 5.92 Å². The van der Waals surface area contributed by atoms with Crippen molar-refractivity contribution in [3.8, 4) is 6.07 Å². The molecule has 4 heteroatoms. The van der Waals surface area contributed by atoms with Crippen LogP contribution in [0.4, 0.5) is 0 Å². The molecule has 4 nitrogen and oxygen atoms in total. The molecule has 0 aromatic carbocycles. The fourth-order valence-corrected chi connectivity index (χ4v) is 3.36. The molecule has 2 unspecified atom stereocenters. The topological polar surface area (TPSA) is 53.6 Å². The van der Waals surface area contributed by atoms with Crippen LogP contribution in [0.15, 0.2) is 12.4 Å². The standard InChI is InChI=1S/C15H22N4/c1-12-17-8-10-19(12)9-6-13-3-2-7-15(13,11-16)18-14-4-5-14/h8,10,13-14,18H,2-7,9H2,1H3. The summed E-state index contributed by atoms with van der Waals surface area (Å²) in [6, 6.07) is 3.21. The number of imidazole rings is 1. The van der Waals surface area contributed by atoms with Crippen LogP contribution in [-0.2, 0) is 6.54 Å². The summed E-state index contributed by atoms with van der Waals surface area (Å²) in [5, 5.41) is 13.3. The predicted molar refractivity (Wildman–Crippen MR) is 73.4 cm³/mol. The lowest BCUT2D eigenvalue weighted by atomic mass is 9.85. The monoisotopic (exact) mass is 258 g/mol. The highest BCUT2D eigenvalue weighted by molar-refractivity contribution is 5.16. The van der Waals surface area contributed by atoms with Crippen molar-refractivity contribution in [3.63, 3.8) is 0 Å². The van der Waals surface area contributed by atoms with Crippen molar-refractivity contribution >= 4 is 0 Å². The Morgan fingerprint density at radius 2 is 2.37 bits per heavy atom. The Bertz CT molecular complexity index is 483. The molecule has 0 spiro atoms. The Morgan fingerprint density at radius 3 is 3.00 bits per heavy atom. The number of aryl methyl sites for hydroxylation is 2. The molecule has 102 valence electrons. The van der Waals surface area contributed by atoms with Crippen LogP contribution in [0.3, 0.4) is 0 Å². The molecule has 1 N–H and O–H groups in total. The Hall–Kier alpha value is -1.34. The number of rotatable bonds is 5. The van der Waals surface area contributed by atoms with Crippen molar-refractivity contribution in [2.45, 2.75) is 63.6 Å². The quantitative estimate of drug-likeness (QED) is 0.882. The predicted octanol–water partition coefficient (Wildman–Crippen LogP) is 2.40. The largest absolute Gasteiger partial charge is 0.335 e. The average Bonchev–Trinajstić information content (AvgIpc) is 2.98. The van der Waals surface area contributed by atoms with E-state index in [1.165, 1.54) is 25.7 Å². The van der Waals surface area contributed by atoms with Crippen LogP contribution in [0.25, 0.3) is 0 Å². The van der Waals surface area contributed by atoms with Gasteiger partial charge in [0.2, 0.25) is 0 Å². The third-order valence-corrected chi connectivity index (χ3v) is 4.70. The minimum atomic E-state index is -0.254. The Morgan fingerprint density at radius 1 is 1.53 bits per heavy atom. The van der Waals surface area contributed by atoms with Crippen molar-refractivity contribution in [1.29, 1.82) is 5.26 Å². The highest BCUT2D eigenvalue weighted by Gasteiger charge is 2.45. The molecule has 0 saturated heterocycles. The van der Waals surface area contributed by atoms with Crippen molar-refractivity contribution in [1.82, 2.24) is 14.9 Å². The molecule has 0 radical (unpaired) electrons. The van der Waals surface area contributed by atoms with Crippen LogP contribution in [0, 0.1) is 24.2 Å². The summed E-state index contributed by atoms with van der Waals surface area (Å²) in [7, 11) is 0. The molecule has 3 rings (SSSR count). The van der Waals surface area contributed by atoms with Crippen LogP contribution >= 0.6 is 0 Å². The smallest absolute Gasteiger partial charge is 0.109 e. The van der Waals surface area contributed by atoms with Gasteiger partial charge in [-0.3, -0.25) is 5.32 Å². The minimum absolute atomic E-state index is 0.254. The van der Waals surface area contributed by atoms with Gasteiger partial charge in [-0.15, -0.1) is 0 Å². The highest BCUT2D eigenvalue weighted by Crippen LogP contribution is 2.40. The SMILES string of the molecule is Cc1nccn1CCC1CCCC1(C#N)NC1CC1. The van der Waals surface area contributed by atoms with Crippen molar-refractivity contribution < 1.29 is 0 Å². The van der Waals surface area contributed by atoms with E-state index >= 15 is 0 Å². The first-order valence-corrected chi connectivity index (χ1v) is 7.40. The van der Waals surface area contributed by atoms with Gasteiger partial charge in [0.25, 0.3) is 0 Å². The fourth-order valence-electron chi connectivity index (χ4n) is 3.36. The molecule has 1 aromatic rings. The molecule has 2 aliphatic rings. The first-order valence-electron chi connectivity index (χ1n) is 7.40. The first-order chi connectivity index (χ1) is 9.23. The van der Waals surface area contributed by atoms with Gasteiger partial charge in [-0.2, -0.15) is 5.26 Å². The summed E-state index contributed by atoms with van der Waals surface area (Å²) in [5.74, 6) is 1.55. The molecule has 0 bridgehead atoms. The number of nitrogens with zero attached hydrogens (tertiary/aromatic N) is 3. The van der Waals surface area contributed by atoms with Crippen LogP contribution in [-0.4, -0.2) is 21.1 Å². The Kier molecular flexibility index (Phi) is 3.32. The molecule has 2 fully saturated rings. The van der Waals surface area contributed by atoms with Gasteiger partial charge in [0, 0.05) is 25.0 Å². The molecule has 2 saturated carbocycles. The van der Waals surface area contributed by atoms with Crippen LogP contribution in [0.1, 0.15) is 44.3 Å². The summed E-state index contributed by atoms with van der Waals surface area (Å²) in [6.45, 7) is 3.01. The van der Waals surface area contributed by atoms with E-state index < -0.39 is 0 Å². The van der Waals surface area contributed by atoms with Crippen molar-refractivity contribution in [2.75, 3.05) is 0 Å². The maximum absolute atomic E-state index is 9.64. The van der Waals surface area contributed by atoms with Gasteiger partial charge >= 0.3 is 0 Å². The second-order valence-corrected chi connectivity index (χ2v) is 6.05. The third-order valence-electron chi connectivity index (χ3n) is 4.70. The lowest BCUT2D eigenvalue weighted by Crippen LogP contribution is -2.48. The first kappa shape index (κ1) is 12.7. The normalized spacial score (nSPS) is 30.4. The Balaban J connectivity index is 1.65. The number of nitrogens with one attached hydrogen (secondary N) is 1. The lowest BCUT2D eigenvalue weighted by Gasteiger charge is -2.30. The number of hydrogen-bond acceptors (Lipinski definition) is 3.